The standard InChI is InChI=1S/C24H22ClN7O2S/c1-29-17-7-2-3-8-18(17)32(24(29)34)13-19(33)30-9-11-31(12-10-30)23-21(26-14-35-23)22-27-16-6-4-5-15(25)20(16)28-22/h2-8,14H,9-13H2,1H3,(H,27,28). The van der Waals surface area contributed by atoms with Crippen LogP contribution in [0, 0.1) is 0 Å². The molecule has 6 rings (SSSR count). The number of benzene rings is 2. The number of nitrogens with zero attached hydrogens (tertiary/aromatic N) is 6. The van der Waals surface area contributed by atoms with Crippen LogP contribution < -0.4 is 10.6 Å². The van der Waals surface area contributed by atoms with E-state index >= 15 is 0 Å². The van der Waals surface area contributed by atoms with Crippen LogP contribution in [-0.4, -0.2) is 61.1 Å². The van der Waals surface area contributed by atoms with Crippen molar-refractivity contribution < 1.29 is 4.79 Å². The highest BCUT2D eigenvalue weighted by Gasteiger charge is 2.26. The number of amides is 1. The Morgan fingerprint density at radius 1 is 1.09 bits per heavy atom. The lowest BCUT2D eigenvalue weighted by molar-refractivity contribution is -0.132. The van der Waals surface area contributed by atoms with Crippen molar-refractivity contribution in [3.8, 4) is 11.5 Å². The number of hydrogen-bond acceptors (Lipinski definition) is 6. The first-order valence-electron chi connectivity index (χ1n) is 11.3. The van der Waals surface area contributed by atoms with Gasteiger partial charge in [0.1, 0.15) is 22.8 Å². The summed E-state index contributed by atoms with van der Waals surface area (Å²) in [6, 6.07) is 13.2. The fourth-order valence-electron chi connectivity index (χ4n) is 4.65. The first-order valence-corrected chi connectivity index (χ1v) is 12.5. The summed E-state index contributed by atoms with van der Waals surface area (Å²) in [6.07, 6.45) is 0. The van der Waals surface area contributed by atoms with Gasteiger partial charge in [0.25, 0.3) is 0 Å². The molecule has 4 heterocycles. The number of carbonyl (C=O) groups excluding carboxylic acids is 1. The maximum Gasteiger partial charge on any atom is 0.329 e. The van der Waals surface area contributed by atoms with E-state index in [0.717, 1.165) is 32.8 Å². The van der Waals surface area contributed by atoms with Crippen molar-refractivity contribution >= 4 is 55.9 Å². The molecule has 0 saturated carbocycles. The fraction of sp³-hybridized carbons (Fsp3) is 0.250. The third kappa shape index (κ3) is 3.69. The van der Waals surface area contributed by atoms with Crippen LogP contribution in [0.1, 0.15) is 0 Å². The molecular formula is C24H22ClN7O2S. The Bertz CT molecular complexity index is 1620. The number of aryl methyl sites for hydroxylation is 1. The Morgan fingerprint density at radius 2 is 1.86 bits per heavy atom. The molecule has 9 nitrogen and oxygen atoms in total. The summed E-state index contributed by atoms with van der Waals surface area (Å²) in [4.78, 5) is 42.4. The normalized spacial score (nSPS) is 14.3. The second-order valence-corrected chi connectivity index (χ2v) is 9.75. The van der Waals surface area contributed by atoms with Gasteiger partial charge in [0, 0.05) is 33.2 Å². The number of fused-ring (bicyclic) bond motifs is 2. The monoisotopic (exact) mass is 507 g/mol. The van der Waals surface area contributed by atoms with Gasteiger partial charge in [0.2, 0.25) is 5.91 Å². The summed E-state index contributed by atoms with van der Waals surface area (Å²) in [5, 5.41) is 1.61. The maximum absolute atomic E-state index is 13.1. The highest BCUT2D eigenvalue weighted by Crippen LogP contribution is 2.34. The van der Waals surface area contributed by atoms with Crippen molar-refractivity contribution in [2.24, 2.45) is 7.05 Å². The Hall–Kier alpha value is -3.63. The van der Waals surface area contributed by atoms with Crippen molar-refractivity contribution in [3.05, 3.63) is 63.5 Å². The van der Waals surface area contributed by atoms with Crippen LogP contribution in [0.25, 0.3) is 33.6 Å². The van der Waals surface area contributed by atoms with E-state index in [-0.39, 0.29) is 18.1 Å². The summed E-state index contributed by atoms with van der Waals surface area (Å²) < 4.78 is 3.13. The molecule has 0 radical (unpaired) electrons. The lowest BCUT2D eigenvalue weighted by Gasteiger charge is -2.35. The molecule has 1 amide bonds. The number of aromatic amines is 1. The molecule has 11 heteroatoms. The molecular weight excluding hydrogens is 486 g/mol. The number of hydrogen-bond donors (Lipinski definition) is 1. The summed E-state index contributed by atoms with van der Waals surface area (Å²) in [6.45, 7) is 2.52. The topological polar surface area (TPSA) is 92.1 Å². The number of halogens is 1. The lowest BCUT2D eigenvalue weighted by atomic mass is 10.3. The number of para-hydroxylation sites is 3. The van der Waals surface area contributed by atoms with Gasteiger partial charge in [-0.3, -0.25) is 13.9 Å². The Labute approximate surface area is 209 Å². The van der Waals surface area contributed by atoms with E-state index in [4.69, 9.17) is 11.6 Å². The molecule has 0 atom stereocenters. The van der Waals surface area contributed by atoms with Crippen LogP contribution in [0.15, 0.2) is 52.8 Å². The van der Waals surface area contributed by atoms with Gasteiger partial charge in [0.15, 0.2) is 5.82 Å². The van der Waals surface area contributed by atoms with Gasteiger partial charge in [-0.25, -0.2) is 14.8 Å². The van der Waals surface area contributed by atoms with Crippen molar-refractivity contribution in [3.63, 3.8) is 0 Å². The molecule has 178 valence electrons. The zero-order valence-electron chi connectivity index (χ0n) is 18.9. The SMILES string of the molecule is Cn1c(=O)n(CC(=O)N2CCN(c3scnc3-c3nc4c(Cl)cccc4[nH]3)CC2)c2ccccc21. The van der Waals surface area contributed by atoms with E-state index in [9.17, 15) is 9.59 Å². The van der Waals surface area contributed by atoms with E-state index in [2.05, 4.69) is 19.9 Å². The maximum atomic E-state index is 13.1. The molecule has 1 fully saturated rings. The van der Waals surface area contributed by atoms with Gasteiger partial charge in [-0.2, -0.15) is 0 Å². The zero-order chi connectivity index (χ0) is 24.1. The van der Waals surface area contributed by atoms with Crippen LogP contribution in [0.3, 0.4) is 0 Å². The van der Waals surface area contributed by atoms with Crippen LogP contribution in [0.4, 0.5) is 5.00 Å². The second-order valence-electron chi connectivity index (χ2n) is 8.51. The third-order valence-corrected chi connectivity index (χ3v) is 7.69. The van der Waals surface area contributed by atoms with Crippen LogP contribution in [0.5, 0.6) is 0 Å². The minimum Gasteiger partial charge on any atom is -0.358 e. The molecule has 0 bridgehead atoms. The van der Waals surface area contributed by atoms with E-state index in [1.165, 1.54) is 0 Å². The summed E-state index contributed by atoms with van der Waals surface area (Å²) in [5.41, 5.74) is 5.59. The third-order valence-electron chi connectivity index (χ3n) is 6.50. The second kappa shape index (κ2) is 8.54. The highest BCUT2D eigenvalue weighted by atomic mass is 35.5. The molecule has 1 N–H and O–H groups in total. The van der Waals surface area contributed by atoms with Gasteiger partial charge in [-0.15, -0.1) is 11.3 Å². The molecule has 0 spiro atoms. The number of imidazole rings is 2. The average molecular weight is 508 g/mol. The first kappa shape index (κ1) is 21.9. The summed E-state index contributed by atoms with van der Waals surface area (Å²) >= 11 is 7.85. The fourth-order valence-corrected chi connectivity index (χ4v) is 5.71. The van der Waals surface area contributed by atoms with Gasteiger partial charge >= 0.3 is 5.69 Å². The van der Waals surface area contributed by atoms with E-state index in [1.54, 1.807) is 27.5 Å². The molecule has 0 aliphatic carbocycles. The largest absolute Gasteiger partial charge is 0.358 e. The molecule has 2 aromatic carbocycles. The Morgan fingerprint density at radius 3 is 2.63 bits per heavy atom. The van der Waals surface area contributed by atoms with Crippen LogP contribution in [0.2, 0.25) is 5.02 Å². The number of carbonyl (C=O) groups is 1. The molecule has 1 aliphatic heterocycles. The number of nitrogens with one attached hydrogen (secondary N) is 1. The van der Waals surface area contributed by atoms with E-state index in [1.807, 2.05) is 52.9 Å². The quantitative estimate of drug-likeness (QED) is 0.403. The number of aromatic nitrogens is 5. The zero-order valence-corrected chi connectivity index (χ0v) is 20.5. The van der Waals surface area contributed by atoms with E-state index in [0.29, 0.717) is 37.0 Å². The predicted molar refractivity (Wildman–Crippen MR) is 138 cm³/mol. The highest BCUT2D eigenvalue weighted by molar-refractivity contribution is 7.14. The van der Waals surface area contributed by atoms with E-state index < -0.39 is 0 Å². The minimum absolute atomic E-state index is 0.0335. The lowest BCUT2D eigenvalue weighted by Crippen LogP contribution is -2.50. The Balaban J connectivity index is 1.18. The van der Waals surface area contributed by atoms with Gasteiger partial charge in [-0.05, 0) is 24.3 Å². The number of piperazine rings is 1. The first-order chi connectivity index (χ1) is 17.0. The number of H-pyrrole nitrogens is 1. The van der Waals surface area contributed by atoms with Crippen molar-refractivity contribution in [1.29, 1.82) is 0 Å². The van der Waals surface area contributed by atoms with Crippen molar-refractivity contribution in [2.45, 2.75) is 6.54 Å². The Kier molecular flexibility index (Phi) is 5.34. The molecule has 1 saturated heterocycles. The van der Waals surface area contributed by atoms with Gasteiger partial charge in [0.05, 0.1) is 27.1 Å². The van der Waals surface area contributed by atoms with Gasteiger partial charge in [-0.1, -0.05) is 29.8 Å². The summed E-state index contributed by atoms with van der Waals surface area (Å²) in [5.74, 6) is 0.623. The van der Waals surface area contributed by atoms with Crippen molar-refractivity contribution in [1.82, 2.24) is 29.0 Å². The molecule has 35 heavy (non-hydrogen) atoms. The van der Waals surface area contributed by atoms with Crippen molar-refractivity contribution in [2.75, 3.05) is 31.1 Å². The smallest absolute Gasteiger partial charge is 0.329 e. The average Bonchev–Trinajstić information content (AvgIpc) is 3.59. The van der Waals surface area contributed by atoms with Gasteiger partial charge < -0.3 is 14.8 Å². The number of thiazole rings is 1. The molecule has 0 unspecified atom stereocenters. The van der Waals surface area contributed by atoms with Crippen LogP contribution >= 0.6 is 22.9 Å². The molecule has 3 aromatic heterocycles. The number of rotatable bonds is 4. The molecule has 5 aromatic rings. The summed E-state index contributed by atoms with van der Waals surface area (Å²) in [7, 11) is 1.73. The molecule has 1 aliphatic rings. The van der Waals surface area contributed by atoms with Crippen LogP contribution in [-0.2, 0) is 18.4 Å². The number of anilines is 1. The predicted octanol–water partition coefficient (Wildman–Crippen LogP) is 3.34. The minimum atomic E-state index is -0.182.